The average Bonchev–Trinajstić information content (AvgIpc) is 2.81. The fourth-order valence-electron chi connectivity index (χ4n) is 1.86. The van der Waals surface area contributed by atoms with Gasteiger partial charge in [-0.25, -0.2) is 4.98 Å². The third-order valence-electron chi connectivity index (χ3n) is 3.10. The van der Waals surface area contributed by atoms with Crippen LogP contribution < -0.4 is 10.6 Å². The zero-order chi connectivity index (χ0) is 15.2. The van der Waals surface area contributed by atoms with Crippen molar-refractivity contribution in [3.8, 4) is 0 Å². The summed E-state index contributed by atoms with van der Waals surface area (Å²) in [6.07, 6.45) is 4.20. The molecule has 0 saturated heterocycles. The van der Waals surface area contributed by atoms with Gasteiger partial charge >= 0.3 is 0 Å². The van der Waals surface area contributed by atoms with Gasteiger partial charge < -0.3 is 15.1 Å². The maximum absolute atomic E-state index is 12.2. The molecule has 2 aromatic heterocycles. The van der Waals surface area contributed by atoms with Gasteiger partial charge in [0, 0.05) is 18.9 Å². The van der Waals surface area contributed by atoms with E-state index in [9.17, 15) is 4.79 Å². The lowest BCUT2D eigenvalue weighted by atomic mass is 10.2. The van der Waals surface area contributed by atoms with Gasteiger partial charge in [0.25, 0.3) is 5.91 Å². The number of hydrogen-bond donors (Lipinski definition) is 2. The predicted molar refractivity (Wildman–Crippen MR) is 80.2 cm³/mol. The number of pyridine rings is 1. The lowest BCUT2D eigenvalue weighted by Gasteiger charge is -2.10. The minimum absolute atomic E-state index is 0.199. The molecule has 0 spiro atoms. The third kappa shape index (κ3) is 3.81. The standard InChI is InChI=1S/C15H20N4O2/c1-4-6-17-13-5-7-16-8-12(13)15(20)18-9-14-19-10(2)11(3)21-14/h5,7-8H,4,6,9H2,1-3H3,(H,16,17)(H,18,20). The number of rotatable bonds is 6. The first-order chi connectivity index (χ1) is 10.1. The van der Waals surface area contributed by atoms with Crippen LogP contribution in [0.1, 0.15) is 41.0 Å². The number of oxazole rings is 1. The van der Waals surface area contributed by atoms with Crippen LogP contribution in [0.3, 0.4) is 0 Å². The van der Waals surface area contributed by atoms with Gasteiger partial charge in [-0.1, -0.05) is 6.92 Å². The van der Waals surface area contributed by atoms with Crippen molar-refractivity contribution in [2.75, 3.05) is 11.9 Å². The Labute approximate surface area is 124 Å². The summed E-state index contributed by atoms with van der Waals surface area (Å²) in [6, 6.07) is 1.80. The van der Waals surface area contributed by atoms with Gasteiger partial charge in [-0.3, -0.25) is 9.78 Å². The van der Waals surface area contributed by atoms with Crippen molar-refractivity contribution in [1.82, 2.24) is 15.3 Å². The Balaban J connectivity index is 2.03. The Morgan fingerprint density at radius 3 is 2.86 bits per heavy atom. The number of aromatic nitrogens is 2. The summed E-state index contributed by atoms with van der Waals surface area (Å²) in [5.74, 6) is 1.08. The molecule has 0 bridgehead atoms. The Kier molecular flexibility index (Phi) is 4.92. The van der Waals surface area contributed by atoms with Gasteiger partial charge in [-0.05, 0) is 26.3 Å². The Hall–Kier alpha value is -2.37. The third-order valence-corrected chi connectivity index (χ3v) is 3.10. The summed E-state index contributed by atoms with van der Waals surface area (Å²) in [6.45, 7) is 6.86. The van der Waals surface area contributed by atoms with E-state index in [0.717, 1.165) is 30.1 Å². The number of anilines is 1. The molecule has 0 aliphatic carbocycles. The first-order valence-electron chi connectivity index (χ1n) is 7.00. The predicted octanol–water partition coefficient (Wildman–Crippen LogP) is 2.44. The zero-order valence-electron chi connectivity index (χ0n) is 12.6. The normalized spacial score (nSPS) is 10.4. The van der Waals surface area contributed by atoms with Crippen molar-refractivity contribution in [2.24, 2.45) is 0 Å². The van der Waals surface area contributed by atoms with Gasteiger partial charge in [0.15, 0.2) is 0 Å². The van der Waals surface area contributed by atoms with Crippen molar-refractivity contribution in [3.63, 3.8) is 0 Å². The second-order valence-corrected chi connectivity index (χ2v) is 4.78. The molecule has 0 aliphatic rings. The van der Waals surface area contributed by atoms with Crippen LogP contribution >= 0.6 is 0 Å². The highest BCUT2D eigenvalue weighted by atomic mass is 16.4. The van der Waals surface area contributed by atoms with E-state index in [-0.39, 0.29) is 12.5 Å². The molecule has 1 amide bonds. The molecule has 2 aromatic rings. The Morgan fingerprint density at radius 2 is 2.19 bits per heavy atom. The maximum Gasteiger partial charge on any atom is 0.255 e. The van der Waals surface area contributed by atoms with Gasteiger partial charge in [0.05, 0.1) is 23.5 Å². The van der Waals surface area contributed by atoms with Crippen LogP contribution in [0.2, 0.25) is 0 Å². The Morgan fingerprint density at radius 1 is 1.38 bits per heavy atom. The van der Waals surface area contributed by atoms with E-state index in [4.69, 9.17) is 4.42 Å². The van der Waals surface area contributed by atoms with Crippen LogP contribution in [0, 0.1) is 13.8 Å². The van der Waals surface area contributed by atoms with Crippen LogP contribution in [0.25, 0.3) is 0 Å². The zero-order valence-corrected chi connectivity index (χ0v) is 12.6. The summed E-state index contributed by atoms with van der Waals surface area (Å²) >= 11 is 0. The largest absolute Gasteiger partial charge is 0.444 e. The highest BCUT2D eigenvalue weighted by molar-refractivity contribution is 5.99. The molecule has 0 saturated carbocycles. The molecular formula is C15H20N4O2. The van der Waals surface area contributed by atoms with Crippen molar-refractivity contribution in [3.05, 3.63) is 41.4 Å². The number of amides is 1. The number of carbonyl (C=O) groups excluding carboxylic acids is 1. The second kappa shape index (κ2) is 6.88. The molecule has 2 N–H and O–H groups in total. The van der Waals surface area contributed by atoms with Crippen molar-refractivity contribution in [2.45, 2.75) is 33.7 Å². The summed E-state index contributed by atoms with van der Waals surface area (Å²) in [4.78, 5) is 20.5. The molecule has 2 heterocycles. The van der Waals surface area contributed by atoms with E-state index < -0.39 is 0 Å². The van der Waals surface area contributed by atoms with Gasteiger partial charge in [-0.2, -0.15) is 0 Å². The van der Waals surface area contributed by atoms with E-state index in [1.807, 2.05) is 13.8 Å². The van der Waals surface area contributed by atoms with Crippen molar-refractivity contribution >= 4 is 11.6 Å². The molecule has 0 aromatic carbocycles. The highest BCUT2D eigenvalue weighted by Gasteiger charge is 2.13. The maximum atomic E-state index is 12.2. The van der Waals surface area contributed by atoms with Crippen LogP contribution in [0.5, 0.6) is 0 Å². The van der Waals surface area contributed by atoms with E-state index in [2.05, 4.69) is 27.5 Å². The fraction of sp³-hybridized carbons (Fsp3) is 0.400. The van der Waals surface area contributed by atoms with E-state index in [1.54, 1.807) is 18.5 Å². The molecule has 0 aliphatic heterocycles. The van der Waals surface area contributed by atoms with E-state index >= 15 is 0 Å². The quantitative estimate of drug-likeness (QED) is 0.853. The topological polar surface area (TPSA) is 80.0 Å². The molecule has 0 radical (unpaired) electrons. The average molecular weight is 288 g/mol. The first kappa shape index (κ1) is 15.0. The summed E-state index contributed by atoms with van der Waals surface area (Å²) in [5, 5.41) is 6.01. The van der Waals surface area contributed by atoms with Crippen molar-refractivity contribution in [1.29, 1.82) is 0 Å². The first-order valence-corrected chi connectivity index (χ1v) is 7.00. The summed E-state index contributed by atoms with van der Waals surface area (Å²) in [7, 11) is 0. The van der Waals surface area contributed by atoms with Gasteiger partial charge in [0.1, 0.15) is 5.76 Å². The molecule has 0 fully saturated rings. The second-order valence-electron chi connectivity index (χ2n) is 4.78. The van der Waals surface area contributed by atoms with Crippen LogP contribution in [0.15, 0.2) is 22.9 Å². The van der Waals surface area contributed by atoms with Crippen LogP contribution in [0.4, 0.5) is 5.69 Å². The van der Waals surface area contributed by atoms with Gasteiger partial charge in [0.2, 0.25) is 5.89 Å². The SMILES string of the molecule is CCCNc1ccncc1C(=O)NCc1nc(C)c(C)o1. The summed E-state index contributed by atoms with van der Waals surface area (Å²) < 4.78 is 5.44. The lowest BCUT2D eigenvalue weighted by molar-refractivity contribution is 0.0947. The molecular weight excluding hydrogens is 268 g/mol. The number of aryl methyl sites for hydroxylation is 2. The molecule has 0 atom stereocenters. The molecule has 2 rings (SSSR count). The van der Waals surface area contributed by atoms with Crippen LogP contribution in [-0.4, -0.2) is 22.4 Å². The van der Waals surface area contributed by atoms with Crippen molar-refractivity contribution < 1.29 is 9.21 Å². The van der Waals surface area contributed by atoms with Gasteiger partial charge in [-0.15, -0.1) is 0 Å². The van der Waals surface area contributed by atoms with E-state index in [1.165, 1.54) is 0 Å². The lowest BCUT2D eigenvalue weighted by Crippen LogP contribution is -2.24. The molecule has 6 nitrogen and oxygen atoms in total. The van der Waals surface area contributed by atoms with Crippen LogP contribution in [-0.2, 0) is 6.54 Å². The summed E-state index contributed by atoms with van der Waals surface area (Å²) in [5.41, 5.74) is 2.14. The van der Waals surface area contributed by atoms with E-state index in [0.29, 0.717) is 11.5 Å². The molecule has 6 heteroatoms. The Bertz CT molecular complexity index is 602. The monoisotopic (exact) mass is 288 g/mol. The smallest absolute Gasteiger partial charge is 0.255 e. The molecule has 0 unspecified atom stereocenters. The minimum atomic E-state index is -0.199. The molecule has 21 heavy (non-hydrogen) atoms. The number of carbonyl (C=O) groups is 1. The number of nitrogens with one attached hydrogen (secondary N) is 2. The minimum Gasteiger partial charge on any atom is -0.444 e. The number of nitrogens with zero attached hydrogens (tertiary/aromatic N) is 2. The number of hydrogen-bond acceptors (Lipinski definition) is 5. The fourth-order valence-corrected chi connectivity index (χ4v) is 1.86. The molecule has 112 valence electrons. The highest BCUT2D eigenvalue weighted by Crippen LogP contribution is 2.14.